The normalized spacial score (nSPS) is 30.9. The second-order valence-corrected chi connectivity index (χ2v) is 11.4. The molecule has 2 aliphatic carbocycles. The van der Waals surface area contributed by atoms with Gasteiger partial charge in [-0.15, -0.1) is 0 Å². The van der Waals surface area contributed by atoms with Crippen LogP contribution in [-0.2, 0) is 25.2 Å². The maximum Gasteiger partial charge on any atom is 0.226 e. The molecule has 0 aromatic heterocycles. The maximum atomic E-state index is 15.4. The van der Waals surface area contributed by atoms with E-state index in [4.69, 9.17) is 4.74 Å². The van der Waals surface area contributed by atoms with Crippen molar-refractivity contribution in [1.82, 2.24) is 9.62 Å². The van der Waals surface area contributed by atoms with E-state index in [0.29, 0.717) is 32.2 Å². The highest BCUT2D eigenvalue weighted by Crippen LogP contribution is 2.42. The first-order valence-corrected chi connectivity index (χ1v) is 13.5. The summed E-state index contributed by atoms with van der Waals surface area (Å²) in [4.78, 5) is 14.6. The smallest absolute Gasteiger partial charge is 0.226 e. The Balaban J connectivity index is 1.40. The zero-order valence-corrected chi connectivity index (χ0v) is 19.6. The fraction of sp³-hybridized carbons (Fsp3) is 0.696. The van der Waals surface area contributed by atoms with Crippen LogP contribution in [0.4, 0.5) is 13.2 Å². The van der Waals surface area contributed by atoms with Crippen LogP contribution in [0.5, 0.6) is 0 Å². The van der Waals surface area contributed by atoms with Gasteiger partial charge in [0.25, 0.3) is 0 Å². The van der Waals surface area contributed by atoms with Gasteiger partial charge in [-0.25, -0.2) is 26.3 Å². The number of hydrogen-bond acceptors (Lipinski definition) is 4. The lowest BCUT2D eigenvalue weighted by atomic mass is 9.80. The highest BCUT2D eigenvalue weighted by molar-refractivity contribution is 7.88. The van der Waals surface area contributed by atoms with Gasteiger partial charge in [-0.05, 0) is 69.1 Å². The van der Waals surface area contributed by atoms with Crippen molar-refractivity contribution in [2.75, 3.05) is 19.4 Å². The first-order valence-electron chi connectivity index (χ1n) is 11.6. The van der Waals surface area contributed by atoms with Gasteiger partial charge >= 0.3 is 0 Å². The minimum atomic E-state index is -3.46. The van der Waals surface area contributed by atoms with Gasteiger partial charge in [-0.1, -0.05) is 0 Å². The summed E-state index contributed by atoms with van der Waals surface area (Å²) in [6.07, 6.45) is 4.73. The van der Waals surface area contributed by atoms with Crippen LogP contribution in [0, 0.1) is 17.6 Å². The number of likely N-dealkylation sites (tertiary alicyclic amines) is 1. The van der Waals surface area contributed by atoms with Crippen molar-refractivity contribution in [3.63, 3.8) is 0 Å². The van der Waals surface area contributed by atoms with E-state index in [1.54, 1.807) is 4.90 Å². The molecular formula is C23H31F3N2O4S. The molecule has 3 fully saturated rings. The van der Waals surface area contributed by atoms with Gasteiger partial charge in [0.15, 0.2) is 0 Å². The third-order valence-corrected chi connectivity index (χ3v) is 7.69. The maximum absolute atomic E-state index is 15.4. The molecule has 3 aliphatic rings. The Morgan fingerprint density at radius 1 is 1.12 bits per heavy atom. The molecule has 2 atom stereocenters. The molecule has 1 saturated heterocycles. The number of nitrogens with one attached hydrogen (secondary N) is 1. The standard InChI is InChI=1S/C23H31F3N2O4S/c1-33(30,31)27-20-3-2-10-28(22(29)15-4-5-15)21(20)14-32-19-6-8-23(26,9-7-19)16-11-17(24)13-18(25)12-16/h11-13,15,19-21,27H,2-10,14H2,1H3/t19?,20-,21-,23?/m0/s1. The van der Waals surface area contributed by atoms with Crippen LogP contribution in [0.2, 0.25) is 0 Å². The second-order valence-electron chi connectivity index (χ2n) is 9.67. The predicted octanol–water partition coefficient (Wildman–Crippen LogP) is 3.41. The van der Waals surface area contributed by atoms with E-state index < -0.39 is 39.4 Å². The van der Waals surface area contributed by atoms with E-state index in [2.05, 4.69) is 4.72 Å². The Bertz CT molecular complexity index is 958. The third-order valence-electron chi connectivity index (χ3n) is 6.96. The average molecular weight is 489 g/mol. The van der Waals surface area contributed by atoms with Crippen molar-refractivity contribution in [1.29, 1.82) is 0 Å². The topological polar surface area (TPSA) is 75.7 Å². The minimum Gasteiger partial charge on any atom is -0.376 e. The van der Waals surface area contributed by atoms with Crippen molar-refractivity contribution in [3.05, 3.63) is 35.4 Å². The molecule has 2 saturated carbocycles. The van der Waals surface area contributed by atoms with E-state index >= 15 is 4.39 Å². The van der Waals surface area contributed by atoms with Crippen LogP contribution < -0.4 is 4.72 Å². The van der Waals surface area contributed by atoms with Gasteiger partial charge in [0.1, 0.15) is 17.3 Å². The first-order chi connectivity index (χ1) is 15.5. The van der Waals surface area contributed by atoms with E-state index in [1.165, 1.54) is 0 Å². The number of piperidine rings is 1. The number of amides is 1. The Morgan fingerprint density at radius 3 is 2.33 bits per heavy atom. The molecule has 1 amide bonds. The van der Waals surface area contributed by atoms with Gasteiger partial charge in [0.05, 0.1) is 25.0 Å². The van der Waals surface area contributed by atoms with Crippen LogP contribution in [-0.4, -0.2) is 56.8 Å². The summed E-state index contributed by atoms with van der Waals surface area (Å²) in [7, 11) is -3.46. The molecule has 1 N–H and O–H groups in total. The summed E-state index contributed by atoms with van der Waals surface area (Å²) in [5.74, 6) is -1.55. The SMILES string of the molecule is CS(=O)(=O)N[C@H]1CCCN(C(=O)C2CC2)[C@H]1COC1CCC(F)(c2cc(F)cc(F)c2)CC1. The number of carbonyl (C=O) groups excluding carboxylic acids is 1. The Hall–Kier alpha value is -1.65. The zero-order chi connectivity index (χ0) is 23.8. The molecule has 6 nitrogen and oxygen atoms in total. The summed E-state index contributed by atoms with van der Waals surface area (Å²) in [5, 5.41) is 0. The summed E-state index contributed by atoms with van der Waals surface area (Å²) in [6, 6.07) is 1.94. The molecule has 33 heavy (non-hydrogen) atoms. The van der Waals surface area contributed by atoms with Gasteiger partial charge in [0.2, 0.25) is 15.9 Å². The summed E-state index contributed by atoms with van der Waals surface area (Å²) in [5.41, 5.74) is -1.81. The minimum absolute atomic E-state index is 0.00403. The molecule has 1 aromatic carbocycles. The third kappa shape index (κ3) is 6.08. The van der Waals surface area contributed by atoms with Crippen molar-refractivity contribution < 1.29 is 31.1 Å². The van der Waals surface area contributed by atoms with Crippen molar-refractivity contribution in [2.45, 2.75) is 75.2 Å². The molecule has 1 heterocycles. The van der Waals surface area contributed by atoms with Gasteiger partial charge in [-0.3, -0.25) is 4.79 Å². The average Bonchev–Trinajstić information content (AvgIpc) is 3.57. The Labute approximate surface area is 192 Å². The summed E-state index contributed by atoms with van der Waals surface area (Å²) in [6.45, 7) is 0.721. The van der Waals surface area contributed by atoms with Gasteiger partial charge < -0.3 is 9.64 Å². The van der Waals surface area contributed by atoms with Gasteiger partial charge in [0, 0.05) is 24.6 Å². The largest absolute Gasteiger partial charge is 0.376 e. The van der Waals surface area contributed by atoms with Crippen LogP contribution in [0.3, 0.4) is 0 Å². The van der Waals surface area contributed by atoms with Crippen molar-refractivity contribution >= 4 is 15.9 Å². The first kappa shape index (κ1) is 24.5. The highest BCUT2D eigenvalue weighted by Gasteiger charge is 2.43. The number of rotatable bonds is 7. The molecule has 0 bridgehead atoms. The number of sulfonamides is 1. The quantitative estimate of drug-likeness (QED) is 0.638. The number of hydrogen-bond donors (Lipinski definition) is 1. The van der Waals surface area contributed by atoms with Crippen molar-refractivity contribution in [3.8, 4) is 0 Å². The lowest BCUT2D eigenvalue weighted by Crippen LogP contribution is -2.59. The number of carbonyl (C=O) groups is 1. The molecule has 1 aromatic rings. The van der Waals surface area contributed by atoms with Crippen molar-refractivity contribution in [2.24, 2.45) is 5.92 Å². The summed E-state index contributed by atoms with van der Waals surface area (Å²) < 4.78 is 75.0. The fourth-order valence-corrected chi connectivity index (χ4v) is 5.89. The lowest BCUT2D eigenvalue weighted by molar-refractivity contribution is -0.140. The number of alkyl halides is 1. The number of ether oxygens (including phenoxy) is 1. The van der Waals surface area contributed by atoms with Crippen LogP contribution >= 0.6 is 0 Å². The molecule has 184 valence electrons. The Kier molecular flexibility index (Phi) is 7.08. The molecular weight excluding hydrogens is 457 g/mol. The van der Waals surface area contributed by atoms with E-state index in [1.807, 2.05) is 0 Å². The molecule has 10 heteroatoms. The Morgan fingerprint density at radius 2 is 1.76 bits per heavy atom. The van der Waals surface area contributed by atoms with E-state index in [9.17, 15) is 22.0 Å². The number of nitrogens with zero attached hydrogens (tertiary/aromatic N) is 1. The number of halogens is 3. The lowest BCUT2D eigenvalue weighted by Gasteiger charge is -2.42. The monoisotopic (exact) mass is 488 g/mol. The van der Waals surface area contributed by atoms with Crippen LogP contribution in [0.1, 0.15) is 56.9 Å². The fourth-order valence-electron chi connectivity index (χ4n) is 5.07. The highest BCUT2D eigenvalue weighted by atomic mass is 32.2. The zero-order valence-electron chi connectivity index (χ0n) is 18.7. The second kappa shape index (κ2) is 9.54. The molecule has 0 spiro atoms. The van der Waals surface area contributed by atoms with E-state index in [-0.39, 0.29) is 42.9 Å². The van der Waals surface area contributed by atoms with Gasteiger partial charge in [-0.2, -0.15) is 0 Å². The van der Waals surface area contributed by atoms with E-state index in [0.717, 1.165) is 37.3 Å². The molecule has 4 rings (SSSR count). The predicted molar refractivity (Wildman–Crippen MR) is 117 cm³/mol. The van der Waals surface area contributed by atoms with Crippen LogP contribution in [0.15, 0.2) is 18.2 Å². The molecule has 0 unspecified atom stereocenters. The number of benzene rings is 1. The van der Waals surface area contributed by atoms with Crippen LogP contribution in [0.25, 0.3) is 0 Å². The molecule has 1 aliphatic heterocycles. The summed E-state index contributed by atoms with van der Waals surface area (Å²) >= 11 is 0. The molecule has 0 radical (unpaired) electrons.